The number of hydrogen-bond donors (Lipinski definition) is 0. The maximum atomic E-state index is 5.26. The van der Waals surface area contributed by atoms with Gasteiger partial charge in [-0.3, -0.25) is 0 Å². The summed E-state index contributed by atoms with van der Waals surface area (Å²) in [6.45, 7) is 6.52. The van der Waals surface area contributed by atoms with Gasteiger partial charge in [-0.15, -0.1) is 0 Å². The van der Waals surface area contributed by atoms with E-state index in [4.69, 9.17) is 15.0 Å². The van der Waals surface area contributed by atoms with Crippen molar-refractivity contribution in [2.45, 2.75) is 155 Å². The van der Waals surface area contributed by atoms with Gasteiger partial charge in [-0.25, -0.2) is 15.0 Å². The maximum Gasteiger partial charge on any atom is 3.00 e. The van der Waals surface area contributed by atoms with Crippen LogP contribution in [0.25, 0.3) is 45.1 Å². The van der Waals surface area contributed by atoms with E-state index < -0.39 is 0 Å². The SMILES string of the molecule is CCCCCCCCCCCCn1c(-c2cccc(-c3nc4ccccc4n3CCCCCCCCCCCC)n2)nc2ccccc21.[Cl-].[Cl-].[Cl-].[V+3]. The van der Waals surface area contributed by atoms with Crippen LogP contribution in [0.5, 0.6) is 0 Å². The number of fused-ring (bicyclic) bond motifs is 2. The van der Waals surface area contributed by atoms with E-state index in [-0.39, 0.29) is 55.8 Å². The topological polar surface area (TPSA) is 48.5 Å². The zero-order valence-corrected chi connectivity index (χ0v) is 35.4. The second-order valence-corrected chi connectivity index (χ2v) is 13.9. The van der Waals surface area contributed by atoms with Crippen molar-refractivity contribution in [1.82, 2.24) is 24.1 Å². The molecule has 0 saturated carbocycles. The first kappa shape index (κ1) is 48.0. The minimum Gasteiger partial charge on any atom is -1.00 e. The van der Waals surface area contributed by atoms with Gasteiger partial charge in [0.05, 0.1) is 22.1 Å². The molecule has 0 spiro atoms. The second-order valence-electron chi connectivity index (χ2n) is 13.9. The van der Waals surface area contributed by atoms with Gasteiger partial charge < -0.3 is 46.4 Å². The van der Waals surface area contributed by atoms with Gasteiger partial charge in [0, 0.05) is 13.1 Å². The fourth-order valence-electron chi connectivity index (χ4n) is 7.19. The summed E-state index contributed by atoms with van der Waals surface area (Å²) < 4.78 is 4.80. The molecule has 3 heterocycles. The Balaban J connectivity index is 0.00000338. The summed E-state index contributed by atoms with van der Waals surface area (Å²) in [6.07, 6.45) is 26.8. The van der Waals surface area contributed by atoms with Gasteiger partial charge in [-0.2, -0.15) is 0 Å². The van der Waals surface area contributed by atoms with Crippen LogP contribution in [0.2, 0.25) is 0 Å². The molecule has 5 rings (SSSR count). The third-order valence-electron chi connectivity index (χ3n) is 9.99. The fraction of sp³-hybridized carbons (Fsp3) is 0.558. The van der Waals surface area contributed by atoms with Crippen LogP contribution in [0, 0.1) is 0 Å². The van der Waals surface area contributed by atoms with Crippen molar-refractivity contribution in [1.29, 1.82) is 0 Å². The van der Waals surface area contributed by atoms with Crippen molar-refractivity contribution in [3.63, 3.8) is 0 Å². The molecule has 0 N–H and O–H groups in total. The van der Waals surface area contributed by atoms with Crippen LogP contribution in [-0.4, -0.2) is 24.1 Å². The standard InChI is InChI=1S/C43H61N5.3ClH.V/c1-3-5-7-9-11-13-15-17-19-25-34-47-40-32-23-21-28-36(40)45-42(47)38-30-27-31-39(44-38)43-46-37-29-22-24-33-41(37)48(43)35-26-20-18-16-14-12-10-8-6-4-2;;;;/h21-24,27-33H,3-20,25-26,34-35H2,1-2H3;3*1H;/q;;;;+3/p-3. The largest absolute Gasteiger partial charge is 3.00 e. The van der Waals surface area contributed by atoms with Crippen LogP contribution in [0.15, 0.2) is 66.7 Å². The van der Waals surface area contributed by atoms with Crippen molar-refractivity contribution >= 4 is 22.1 Å². The predicted molar refractivity (Wildman–Crippen MR) is 205 cm³/mol. The van der Waals surface area contributed by atoms with Gasteiger partial charge in [0.1, 0.15) is 11.4 Å². The number of unbranched alkanes of at least 4 members (excludes halogenated alkanes) is 18. The molecule has 0 amide bonds. The van der Waals surface area contributed by atoms with Gasteiger partial charge in [0.15, 0.2) is 11.6 Å². The summed E-state index contributed by atoms with van der Waals surface area (Å²) in [4.78, 5) is 15.5. The monoisotopic (exact) mass is 803 g/mol. The number of benzene rings is 2. The van der Waals surface area contributed by atoms with Crippen molar-refractivity contribution < 1.29 is 55.8 Å². The van der Waals surface area contributed by atoms with Crippen LogP contribution in [0.1, 0.15) is 142 Å². The Kier molecular flexibility index (Phi) is 25.4. The van der Waals surface area contributed by atoms with E-state index in [2.05, 4.69) is 89.7 Å². The van der Waals surface area contributed by atoms with Crippen LogP contribution >= 0.6 is 0 Å². The van der Waals surface area contributed by atoms with E-state index in [0.717, 1.165) is 60.0 Å². The number of aryl methyl sites for hydroxylation is 2. The first-order valence-electron chi connectivity index (χ1n) is 19.7. The molecular formula is C43H61Cl3N5V. The molecule has 0 unspecified atom stereocenters. The third kappa shape index (κ3) is 14.3. The minimum absolute atomic E-state index is 0. The predicted octanol–water partition coefficient (Wildman–Crippen LogP) is 3.97. The summed E-state index contributed by atoms with van der Waals surface area (Å²) in [5.74, 6) is 1.93. The smallest absolute Gasteiger partial charge is 1.00 e. The molecule has 5 nitrogen and oxygen atoms in total. The number of nitrogens with zero attached hydrogens (tertiary/aromatic N) is 5. The molecule has 0 radical (unpaired) electrons. The molecule has 5 aromatic rings. The molecule has 0 fully saturated rings. The van der Waals surface area contributed by atoms with Crippen molar-refractivity contribution in [2.24, 2.45) is 0 Å². The summed E-state index contributed by atoms with van der Waals surface area (Å²) in [5.41, 5.74) is 6.33. The molecule has 0 bridgehead atoms. The van der Waals surface area contributed by atoms with E-state index in [1.165, 1.54) is 127 Å². The van der Waals surface area contributed by atoms with Crippen molar-refractivity contribution in [2.75, 3.05) is 0 Å². The molecule has 284 valence electrons. The summed E-state index contributed by atoms with van der Waals surface area (Å²) >= 11 is 0. The van der Waals surface area contributed by atoms with Gasteiger partial charge in [-0.05, 0) is 49.2 Å². The maximum absolute atomic E-state index is 5.26. The van der Waals surface area contributed by atoms with Crippen LogP contribution in [0.3, 0.4) is 0 Å². The Morgan fingerprint density at radius 2 is 0.712 bits per heavy atom. The quantitative estimate of drug-likeness (QED) is 0.0889. The van der Waals surface area contributed by atoms with Crippen LogP contribution < -0.4 is 37.2 Å². The molecule has 0 aliphatic carbocycles. The van der Waals surface area contributed by atoms with Crippen LogP contribution in [0.4, 0.5) is 0 Å². The third-order valence-corrected chi connectivity index (χ3v) is 9.99. The minimum atomic E-state index is 0. The molecule has 52 heavy (non-hydrogen) atoms. The number of para-hydroxylation sites is 4. The number of pyridine rings is 1. The van der Waals surface area contributed by atoms with Crippen molar-refractivity contribution in [3.05, 3.63) is 66.7 Å². The van der Waals surface area contributed by atoms with Crippen LogP contribution in [-0.2, 0) is 31.6 Å². The molecule has 2 aromatic carbocycles. The number of imidazole rings is 2. The van der Waals surface area contributed by atoms with E-state index >= 15 is 0 Å². The molecule has 0 aliphatic heterocycles. The molecule has 3 aromatic heterocycles. The Morgan fingerprint density at radius 1 is 0.385 bits per heavy atom. The zero-order valence-electron chi connectivity index (χ0n) is 31.7. The van der Waals surface area contributed by atoms with E-state index in [9.17, 15) is 0 Å². The van der Waals surface area contributed by atoms with Gasteiger partial charge in [-0.1, -0.05) is 160 Å². The van der Waals surface area contributed by atoms with Gasteiger partial charge >= 0.3 is 18.6 Å². The Bertz CT molecular complexity index is 1540. The number of halogens is 3. The summed E-state index contributed by atoms with van der Waals surface area (Å²) in [7, 11) is 0. The molecule has 0 aliphatic rings. The average Bonchev–Trinajstić information content (AvgIpc) is 3.68. The molecular weight excluding hydrogens is 744 g/mol. The normalized spacial score (nSPS) is 10.8. The zero-order chi connectivity index (χ0) is 33.2. The Labute approximate surface area is 345 Å². The van der Waals surface area contributed by atoms with E-state index in [1.807, 2.05) is 0 Å². The van der Waals surface area contributed by atoms with E-state index in [0.29, 0.717) is 0 Å². The first-order valence-corrected chi connectivity index (χ1v) is 19.7. The summed E-state index contributed by atoms with van der Waals surface area (Å²) in [5, 5.41) is 0. The van der Waals surface area contributed by atoms with Gasteiger partial charge in [0.2, 0.25) is 0 Å². The molecule has 0 saturated heterocycles. The Hall–Kier alpha value is -2.02. The van der Waals surface area contributed by atoms with Gasteiger partial charge in [0.25, 0.3) is 0 Å². The fourth-order valence-corrected chi connectivity index (χ4v) is 7.19. The average molecular weight is 805 g/mol. The number of aromatic nitrogens is 5. The van der Waals surface area contributed by atoms with E-state index in [1.54, 1.807) is 0 Å². The number of rotatable bonds is 24. The van der Waals surface area contributed by atoms with Crippen molar-refractivity contribution in [3.8, 4) is 23.0 Å². The molecule has 9 heteroatoms. The second kappa shape index (κ2) is 27.5. The molecule has 0 atom stereocenters. The number of hydrogen-bond acceptors (Lipinski definition) is 3. The Morgan fingerprint density at radius 3 is 1.08 bits per heavy atom. The first-order chi connectivity index (χ1) is 23.8. The summed E-state index contributed by atoms with van der Waals surface area (Å²) in [6, 6.07) is 23.5.